The van der Waals surface area contributed by atoms with Gasteiger partial charge in [-0.2, -0.15) is 0 Å². The van der Waals surface area contributed by atoms with Crippen molar-refractivity contribution in [3.8, 4) is 11.5 Å². The van der Waals surface area contributed by atoms with Gasteiger partial charge in [-0.25, -0.2) is 0 Å². The van der Waals surface area contributed by atoms with Gasteiger partial charge in [-0.15, -0.1) is 0 Å². The third kappa shape index (κ3) is 3.61. The molecule has 0 fully saturated rings. The second kappa shape index (κ2) is 9.02. The number of rotatable bonds is 6. The Morgan fingerprint density at radius 3 is 1.69 bits per heavy atom. The van der Waals surface area contributed by atoms with Gasteiger partial charge in [-0.1, -0.05) is 91.0 Å². The molecule has 0 atom stereocenters. The van der Waals surface area contributed by atoms with Gasteiger partial charge in [0.15, 0.2) is 0 Å². The average molecular weight is 436 g/mol. The zero-order valence-electron chi connectivity index (χ0n) is 18.3. The fourth-order valence-corrected chi connectivity index (χ4v) is 7.19. The van der Waals surface area contributed by atoms with E-state index in [1.807, 2.05) is 18.2 Å². The van der Waals surface area contributed by atoms with E-state index in [2.05, 4.69) is 84.9 Å². The molecule has 1 aliphatic rings. The molecule has 32 heavy (non-hydrogen) atoms. The zero-order chi connectivity index (χ0) is 21.9. The fraction of sp³-hybridized carbons (Fsp3) is 0.103. The van der Waals surface area contributed by atoms with Crippen molar-refractivity contribution in [2.45, 2.75) is 6.42 Å². The minimum atomic E-state index is -0.768. The highest BCUT2D eigenvalue weighted by Gasteiger charge is 2.32. The zero-order valence-corrected chi connectivity index (χ0v) is 19.2. The predicted molar refractivity (Wildman–Crippen MR) is 136 cm³/mol. The molecule has 4 aromatic carbocycles. The highest BCUT2D eigenvalue weighted by atomic mass is 31.1. The van der Waals surface area contributed by atoms with Crippen LogP contribution in [-0.4, -0.2) is 14.2 Å². The Balaban J connectivity index is 1.85. The number of benzene rings is 4. The van der Waals surface area contributed by atoms with E-state index in [0.717, 1.165) is 23.5 Å². The van der Waals surface area contributed by atoms with E-state index in [0.29, 0.717) is 0 Å². The van der Waals surface area contributed by atoms with Crippen LogP contribution in [0.15, 0.2) is 103 Å². The summed E-state index contributed by atoms with van der Waals surface area (Å²) >= 11 is 0. The van der Waals surface area contributed by atoms with Gasteiger partial charge in [-0.05, 0) is 59.1 Å². The van der Waals surface area contributed by atoms with Gasteiger partial charge >= 0.3 is 0 Å². The maximum absolute atomic E-state index is 5.83. The van der Waals surface area contributed by atoms with Gasteiger partial charge in [0, 0.05) is 0 Å². The van der Waals surface area contributed by atoms with Crippen molar-refractivity contribution in [2.75, 3.05) is 14.2 Å². The topological polar surface area (TPSA) is 18.5 Å². The van der Waals surface area contributed by atoms with Gasteiger partial charge in [-0.3, -0.25) is 0 Å². The van der Waals surface area contributed by atoms with E-state index in [4.69, 9.17) is 9.47 Å². The smallest absolute Gasteiger partial charge is 0.130 e. The quantitative estimate of drug-likeness (QED) is 0.332. The molecule has 5 rings (SSSR count). The molecule has 0 unspecified atom stereocenters. The molecule has 3 heteroatoms. The number of methoxy groups -OCH3 is 2. The number of ether oxygens (including phenoxy) is 2. The first-order valence-electron chi connectivity index (χ1n) is 10.7. The van der Waals surface area contributed by atoms with Crippen LogP contribution in [0.3, 0.4) is 0 Å². The summed E-state index contributed by atoms with van der Waals surface area (Å²) in [4.78, 5) is 0. The summed E-state index contributed by atoms with van der Waals surface area (Å²) in [7, 11) is 2.70. The first-order valence-corrected chi connectivity index (χ1v) is 12.1. The van der Waals surface area contributed by atoms with Crippen molar-refractivity contribution in [1.29, 1.82) is 0 Å². The molecule has 0 amide bonds. The van der Waals surface area contributed by atoms with Crippen molar-refractivity contribution in [3.63, 3.8) is 0 Å². The van der Waals surface area contributed by atoms with E-state index >= 15 is 0 Å². The standard InChI is InChI=1S/C29H25O2P/c1-30-26-18-11-19-27(31-2)28(26)25-20-21-12-9-10-17-24(21)29(25)32(22-13-5-3-6-14-22)23-15-7-4-8-16-23/h3-19H,20H2,1-2H3. The van der Waals surface area contributed by atoms with Crippen LogP contribution in [0, 0.1) is 0 Å². The third-order valence-corrected chi connectivity index (χ3v) is 8.49. The Morgan fingerprint density at radius 1 is 0.594 bits per heavy atom. The molecule has 0 aliphatic heterocycles. The SMILES string of the molecule is COc1cccc(OC)c1C1=C(P(c2ccccc2)c2ccccc2)c2ccccc2C1. The van der Waals surface area contributed by atoms with Gasteiger partial charge in [0.05, 0.1) is 19.8 Å². The summed E-state index contributed by atoms with van der Waals surface area (Å²) in [5.41, 5.74) is 5.03. The number of allylic oxidation sites excluding steroid dienone is 1. The molecule has 0 aromatic heterocycles. The molecular formula is C29H25O2P. The molecular weight excluding hydrogens is 411 g/mol. The Kier molecular flexibility index (Phi) is 5.79. The molecule has 0 saturated heterocycles. The molecule has 0 spiro atoms. The largest absolute Gasteiger partial charge is 0.496 e. The predicted octanol–water partition coefficient (Wildman–Crippen LogP) is 6.26. The van der Waals surface area contributed by atoms with Crippen LogP contribution < -0.4 is 20.1 Å². The molecule has 0 heterocycles. The lowest BCUT2D eigenvalue weighted by Crippen LogP contribution is -2.12. The maximum atomic E-state index is 5.83. The van der Waals surface area contributed by atoms with Crippen molar-refractivity contribution in [2.24, 2.45) is 0 Å². The molecule has 1 aliphatic carbocycles. The molecule has 0 N–H and O–H groups in total. The van der Waals surface area contributed by atoms with Gasteiger partial charge < -0.3 is 9.47 Å². The van der Waals surface area contributed by atoms with Crippen LogP contribution in [0.25, 0.3) is 10.9 Å². The van der Waals surface area contributed by atoms with Crippen molar-refractivity contribution in [3.05, 3.63) is 120 Å². The summed E-state index contributed by atoms with van der Waals surface area (Å²) < 4.78 is 11.7. The summed E-state index contributed by atoms with van der Waals surface area (Å²) in [6.45, 7) is 0. The Bertz CT molecular complexity index is 1200. The van der Waals surface area contributed by atoms with Crippen LogP contribution in [0.1, 0.15) is 16.7 Å². The van der Waals surface area contributed by atoms with E-state index in [1.54, 1.807) is 14.2 Å². The molecule has 0 radical (unpaired) electrons. The number of hydrogen-bond acceptors (Lipinski definition) is 2. The highest BCUT2D eigenvalue weighted by Crippen LogP contribution is 2.58. The number of hydrogen-bond donors (Lipinski definition) is 0. The third-order valence-electron chi connectivity index (χ3n) is 5.91. The highest BCUT2D eigenvalue weighted by molar-refractivity contribution is 7.82. The van der Waals surface area contributed by atoms with Crippen molar-refractivity contribution >= 4 is 29.4 Å². The van der Waals surface area contributed by atoms with Crippen LogP contribution in [0.4, 0.5) is 0 Å². The average Bonchev–Trinajstić information content (AvgIpc) is 3.24. The lowest BCUT2D eigenvalue weighted by molar-refractivity contribution is 0.392. The second-order valence-corrected chi connectivity index (χ2v) is 9.86. The lowest BCUT2D eigenvalue weighted by atomic mass is 10.0. The van der Waals surface area contributed by atoms with E-state index < -0.39 is 7.92 Å². The minimum Gasteiger partial charge on any atom is -0.496 e. The van der Waals surface area contributed by atoms with E-state index in [1.165, 1.54) is 32.6 Å². The second-order valence-electron chi connectivity index (χ2n) is 7.71. The molecule has 2 nitrogen and oxygen atoms in total. The van der Waals surface area contributed by atoms with Crippen LogP contribution in [0.5, 0.6) is 11.5 Å². The summed E-state index contributed by atoms with van der Waals surface area (Å²) in [6, 6.07) is 36.6. The minimum absolute atomic E-state index is 0.768. The van der Waals surface area contributed by atoms with Crippen LogP contribution in [0.2, 0.25) is 0 Å². The van der Waals surface area contributed by atoms with Gasteiger partial charge in [0.1, 0.15) is 11.5 Å². The first kappa shape index (κ1) is 20.5. The van der Waals surface area contributed by atoms with Crippen molar-refractivity contribution < 1.29 is 9.47 Å². The van der Waals surface area contributed by atoms with E-state index in [9.17, 15) is 0 Å². The summed E-state index contributed by atoms with van der Waals surface area (Å²) in [5, 5.41) is 4.06. The van der Waals surface area contributed by atoms with Crippen molar-refractivity contribution in [1.82, 2.24) is 0 Å². The molecule has 0 bridgehead atoms. The normalized spacial score (nSPS) is 12.7. The molecule has 0 saturated carbocycles. The molecule has 158 valence electrons. The monoisotopic (exact) mass is 436 g/mol. The fourth-order valence-electron chi connectivity index (χ4n) is 4.51. The maximum Gasteiger partial charge on any atom is 0.130 e. The number of fused-ring (bicyclic) bond motifs is 1. The van der Waals surface area contributed by atoms with Crippen LogP contribution >= 0.6 is 7.92 Å². The molecule has 4 aromatic rings. The van der Waals surface area contributed by atoms with E-state index in [-0.39, 0.29) is 0 Å². The van der Waals surface area contributed by atoms with Crippen LogP contribution in [-0.2, 0) is 6.42 Å². The summed E-state index contributed by atoms with van der Waals surface area (Å²) in [6.07, 6.45) is 0.862. The van der Waals surface area contributed by atoms with Gasteiger partial charge in [0.25, 0.3) is 0 Å². The lowest BCUT2D eigenvalue weighted by Gasteiger charge is -2.24. The Morgan fingerprint density at radius 2 is 1.12 bits per heavy atom. The summed E-state index contributed by atoms with van der Waals surface area (Å²) in [5.74, 6) is 1.70. The first-order chi connectivity index (χ1) is 15.8. The Labute approximate surface area is 190 Å². The Hall–Kier alpha value is -3.35. The van der Waals surface area contributed by atoms with Gasteiger partial charge in [0.2, 0.25) is 0 Å².